The first-order valence-corrected chi connectivity index (χ1v) is 5.68. The summed E-state index contributed by atoms with van der Waals surface area (Å²) in [5.41, 5.74) is 0.791. The molecule has 0 unspecified atom stereocenters. The van der Waals surface area contributed by atoms with Gasteiger partial charge in [0.2, 0.25) is 0 Å². The number of hydrogen-bond acceptors (Lipinski definition) is 2. The van der Waals surface area contributed by atoms with Crippen LogP contribution in [0.15, 0.2) is 41.5 Å². The Kier molecular flexibility index (Phi) is 2.03. The zero-order valence-corrected chi connectivity index (χ0v) is 9.63. The Morgan fingerprint density at radius 1 is 1.24 bits per heavy atom. The van der Waals surface area contributed by atoms with E-state index in [1.807, 2.05) is 24.3 Å². The molecule has 0 amide bonds. The van der Waals surface area contributed by atoms with Crippen molar-refractivity contribution in [3.05, 3.63) is 52.7 Å². The first-order valence-electron chi connectivity index (χ1n) is 5.68. The molecule has 1 aliphatic rings. The summed E-state index contributed by atoms with van der Waals surface area (Å²) in [6.07, 6.45) is 4.99. The fourth-order valence-electron chi connectivity index (χ4n) is 2.11. The molecule has 0 spiro atoms. The first kappa shape index (κ1) is 10.4. The summed E-state index contributed by atoms with van der Waals surface area (Å²) < 4.78 is 3.10. The Hall–Kier alpha value is -1.81. The highest BCUT2D eigenvalue weighted by molar-refractivity contribution is 5.46. The molecule has 1 fully saturated rings. The lowest BCUT2D eigenvalue weighted by Gasteiger charge is -2.13. The molecule has 2 aromatic rings. The lowest BCUT2D eigenvalue weighted by atomic mass is 10.1. The molecule has 0 aliphatic heterocycles. The van der Waals surface area contributed by atoms with Gasteiger partial charge in [0.05, 0.1) is 11.3 Å². The SMILES string of the molecule is Cn1ccn(-c2ccccc2C2(O)CC2)c1=O. The van der Waals surface area contributed by atoms with E-state index < -0.39 is 5.60 Å². The van der Waals surface area contributed by atoms with Gasteiger partial charge in [-0.05, 0) is 18.9 Å². The number of hydrogen-bond donors (Lipinski definition) is 1. The zero-order valence-electron chi connectivity index (χ0n) is 9.63. The van der Waals surface area contributed by atoms with E-state index in [0.717, 1.165) is 24.1 Å². The highest BCUT2D eigenvalue weighted by Crippen LogP contribution is 2.47. The van der Waals surface area contributed by atoms with Crippen molar-refractivity contribution < 1.29 is 5.11 Å². The molecule has 17 heavy (non-hydrogen) atoms. The van der Waals surface area contributed by atoms with E-state index in [1.165, 1.54) is 4.57 Å². The van der Waals surface area contributed by atoms with Crippen molar-refractivity contribution in [3.63, 3.8) is 0 Å². The lowest BCUT2D eigenvalue weighted by Crippen LogP contribution is -2.22. The molecule has 1 aliphatic carbocycles. The molecule has 1 saturated carbocycles. The number of aliphatic hydroxyl groups is 1. The molecule has 1 heterocycles. The van der Waals surface area contributed by atoms with Gasteiger partial charge < -0.3 is 9.67 Å². The van der Waals surface area contributed by atoms with E-state index in [2.05, 4.69) is 0 Å². The van der Waals surface area contributed by atoms with Crippen LogP contribution in [0, 0.1) is 0 Å². The van der Waals surface area contributed by atoms with Gasteiger partial charge in [-0.3, -0.25) is 4.57 Å². The van der Waals surface area contributed by atoms with Crippen molar-refractivity contribution in [1.82, 2.24) is 9.13 Å². The normalized spacial score (nSPS) is 17.1. The third-order valence-electron chi connectivity index (χ3n) is 3.34. The van der Waals surface area contributed by atoms with Gasteiger partial charge in [0.25, 0.3) is 0 Å². The van der Waals surface area contributed by atoms with Crippen LogP contribution in [0.5, 0.6) is 0 Å². The van der Waals surface area contributed by atoms with Crippen molar-refractivity contribution in [2.75, 3.05) is 0 Å². The molecule has 1 aromatic carbocycles. The first-order chi connectivity index (χ1) is 8.12. The maximum atomic E-state index is 11.9. The fraction of sp³-hybridized carbons (Fsp3) is 0.308. The number of aromatic nitrogens is 2. The van der Waals surface area contributed by atoms with Gasteiger partial charge in [-0.2, -0.15) is 0 Å². The van der Waals surface area contributed by atoms with E-state index in [0.29, 0.717) is 0 Å². The largest absolute Gasteiger partial charge is 0.385 e. The number of imidazole rings is 1. The second-order valence-corrected chi connectivity index (χ2v) is 4.61. The molecule has 4 heteroatoms. The van der Waals surface area contributed by atoms with E-state index in [1.54, 1.807) is 24.0 Å². The molecule has 0 atom stereocenters. The smallest absolute Gasteiger partial charge is 0.332 e. The van der Waals surface area contributed by atoms with E-state index in [-0.39, 0.29) is 5.69 Å². The molecule has 1 N–H and O–H groups in total. The topological polar surface area (TPSA) is 47.2 Å². The van der Waals surface area contributed by atoms with Crippen LogP contribution in [-0.4, -0.2) is 14.2 Å². The number of nitrogens with zero attached hydrogens (tertiary/aromatic N) is 2. The number of benzene rings is 1. The molecule has 0 saturated heterocycles. The molecule has 88 valence electrons. The van der Waals surface area contributed by atoms with Crippen LogP contribution in [0.2, 0.25) is 0 Å². The number of aryl methyl sites for hydroxylation is 1. The highest BCUT2D eigenvalue weighted by atomic mass is 16.3. The summed E-state index contributed by atoms with van der Waals surface area (Å²) in [6, 6.07) is 7.53. The maximum Gasteiger partial charge on any atom is 0.332 e. The minimum absolute atomic E-state index is 0.0956. The summed E-state index contributed by atoms with van der Waals surface area (Å²) >= 11 is 0. The zero-order chi connectivity index (χ0) is 12.0. The van der Waals surface area contributed by atoms with Crippen molar-refractivity contribution in [1.29, 1.82) is 0 Å². The third-order valence-corrected chi connectivity index (χ3v) is 3.34. The Morgan fingerprint density at radius 2 is 1.94 bits per heavy atom. The van der Waals surface area contributed by atoms with Gasteiger partial charge in [-0.1, -0.05) is 18.2 Å². The Balaban J connectivity index is 2.22. The molecule has 3 rings (SSSR count). The van der Waals surface area contributed by atoms with Crippen LogP contribution in [0.1, 0.15) is 18.4 Å². The molecule has 4 nitrogen and oxygen atoms in total. The molecule has 1 aromatic heterocycles. The van der Waals surface area contributed by atoms with E-state index >= 15 is 0 Å². The van der Waals surface area contributed by atoms with Crippen molar-refractivity contribution in [2.45, 2.75) is 18.4 Å². The molecule has 0 radical (unpaired) electrons. The number of rotatable bonds is 2. The predicted molar refractivity (Wildman–Crippen MR) is 64.1 cm³/mol. The minimum atomic E-state index is -0.730. The summed E-state index contributed by atoms with van der Waals surface area (Å²) in [7, 11) is 1.72. The molecular formula is C13H14N2O2. The van der Waals surface area contributed by atoms with Crippen molar-refractivity contribution in [3.8, 4) is 5.69 Å². The Morgan fingerprint density at radius 3 is 2.53 bits per heavy atom. The van der Waals surface area contributed by atoms with Crippen LogP contribution >= 0.6 is 0 Å². The van der Waals surface area contributed by atoms with Gasteiger partial charge in [0, 0.05) is 25.0 Å². The monoisotopic (exact) mass is 230 g/mol. The van der Waals surface area contributed by atoms with Gasteiger partial charge >= 0.3 is 5.69 Å². The van der Waals surface area contributed by atoms with Crippen LogP contribution in [-0.2, 0) is 12.6 Å². The summed E-state index contributed by atoms with van der Waals surface area (Å²) in [6.45, 7) is 0. The van der Waals surface area contributed by atoms with Gasteiger partial charge in [0.15, 0.2) is 0 Å². The quantitative estimate of drug-likeness (QED) is 0.841. The standard InChI is InChI=1S/C13H14N2O2/c1-14-8-9-15(12(14)16)11-5-3-2-4-10(11)13(17)6-7-13/h2-5,8-9,17H,6-7H2,1H3. The summed E-state index contributed by atoms with van der Waals surface area (Å²) in [4.78, 5) is 11.9. The van der Waals surface area contributed by atoms with Crippen molar-refractivity contribution >= 4 is 0 Å². The number of para-hydroxylation sites is 1. The minimum Gasteiger partial charge on any atom is -0.385 e. The van der Waals surface area contributed by atoms with Crippen LogP contribution in [0.25, 0.3) is 5.69 Å². The third kappa shape index (κ3) is 1.52. The van der Waals surface area contributed by atoms with Crippen LogP contribution < -0.4 is 5.69 Å². The van der Waals surface area contributed by atoms with Gasteiger partial charge in [0.1, 0.15) is 0 Å². The maximum absolute atomic E-state index is 11.9. The second kappa shape index (κ2) is 3.34. The summed E-state index contributed by atoms with van der Waals surface area (Å²) in [5.74, 6) is 0. The Bertz CT molecular complexity index is 620. The molecule has 0 bridgehead atoms. The van der Waals surface area contributed by atoms with Crippen LogP contribution in [0.4, 0.5) is 0 Å². The predicted octanol–water partition coefficient (Wildman–Crippen LogP) is 1.16. The highest BCUT2D eigenvalue weighted by Gasteiger charge is 2.43. The fourth-order valence-corrected chi connectivity index (χ4v) is 2.11. The Labute approximate surface area is 98.7 Å². The average Bonchev–Trinajstić information content (AvgIpc) is 3.00. The molecular weight excluding hydrogens is 216 g/mol. The van der Waals surface area contributed by atoms with Crippen LogP contribution in [0.3, 0.4) is 0 Å². The van der Waals surface area contributed by atoms with E-state index in [9.17, 15) is 9.90 Å². The van der Waals surface area contributed by atoms with Gasteiger partial charge in [-0.15, -0.1) is 0 Å². The van der Waals surface area contributed by atoms with Crippen molar-refractivity contribution in [2.24, 2.45) is 7.05 Å². The van der Waals surface area contributed by atoms with Gasteiger partial charge in [-0.25, -0.2) is 4.79 Å². The summed E-state index contributed by atoms with van der Waals surface area (Å²) in [5, 5.41) is 10.2. The lowest BCUT2D eigenvalue weighted by molar-refractivity contribution is 0.151. The second-order valence-electron chi connectivity index (χ2n) is 4.61. The van der Waals surface area contributed by atoms with E-state index in [4.69, 9.17) is 0 Å². The average molecular weight is 230 g/mol.